The number of carbonyl (C=O) groups is 2. The molecule has 0 aliphatic rings. The molecule has 1 N–H and O–H groups in total. The van der Waals surface area contributed by atoms with Gasteiger partial charge in [-0.2, -0.15) is 0 Å². The maximum absolute atomic E-state index is 12.3. The van der Waals surface area contributed by atoms with Gasteiger partial charge in [-0.05, 0) is 54.4 Å². The van der Waals surface area contributed by atoms with Gasteiger partial charge in [0.15, 0.2) is 18.1 Å². The Balaban J connectivity index is 1.46. The highest BCUT2D eigenvalue weighted by Gasteiger charge is 2.11. The third kappa shape index (κ3) is 5.41. The Morgan fingerprint density at radius 2 is 1.70 bits per heavy atom. The third-order valence-electron chi connectivity index (χ3n) is 4.50. The van der Waals surface area contributed by atoms with Crippen molar-refractivity contribution >= 4 is 11.9 Å². The summed E-state index contributed by atoms with van der Waals surface area (Å²) in [5.74, 6) is 0.389. The summed E-state index contributed by atoms with van der Waals surface area (Å²) in [7, 11) is 3.15. The van der Waals surface area contributed by atoms with Gasteiger partial charge in [0.1, 0.15) is 0 Å². The number of esters is 1. The van der Waals surface area contributed by atoms with Crippen molar-refractivity contribution in [2.45, 2.75) is 6.42 Å². The minimum absolute atomic E-state index is 0.335. The van der Waals surface area contributed by atoms with Crippen molar-refractivity contribution in [3.8, 4) is 17.2 Å². The largest absolute Gasteiger partial charge is 0.493 e. The van der Waals surface area contributed by atoms with Crippen LogP contribution in [0.2, 0.25) is 0 Å². The summed E-state index contributed by atoms with van der Waals surface area (Å²) in [5, 5.41) is 2.75. The number of rotatable bonds is 9. The first-order chi connectivity index (χ1) is 14.6. The molecule has 0 atom stereocenters. The van der Waals surface area contributed by atoms with Crippen molar-refractivity contribution in [2.24, 2.45) is 0 Å². The number of nitrogens with zero attached hydrogens (tertiary/aromatic N) is 1. The zero-order valence-corrected chi connectivity index (χ0v) is 17.0. The Morgan fingerprint density at radius 1 is 0.933 bits per heavy atom. The second-order valence-electron chi connectivity index (χ2n) is 6.51. The quantitative estimate of drug-likeness (QED) is 0.551. The number of amides is 1. The summed E-state index contributed by atoms with van der Waals surface area (Å²) in [5.41, 5.74) is 2.22. The Hall–Kier alpha value is -3.74. The van der Waals surface area contributed by atoms with E-state index in [0.29, 0.717) is 30.0 Å². The lowest BCUT2D eigenvalue weighted by molar-refractivity contribution is -0.124. The van der Waals surface area contributed by atoms with E-state index in [1.54, 1.807) is 32.4 Å². The van der Waals surface area contributed by atoms with Crippen LogP contribution in [0.3, 0.4) is 0 Å². The molecule has 1 heterocycles. The van der Waals surface area contributed by atoms with E-state index >= 15 is 0 Å². The fourth-order valence-corrected chi connectivity index (χ4v) is 2.95. The van der Waals surface area contributed by atoms with Gasteiger partial charge in [0.25, 0.3) is 5.91 Å². The van der Waals surface area contributed by atoms with Crippen LogP contribution in [0.1, 0.15) is 15.9 Å². The Kier molecular flexibility index (Phi) is 7.10. The van der Waals surface area contributed by atoms with E-state index < -0.39 is 5.97 Å². The molecule has 2 aromatic carbocycles. The first-order valence-electron chi connectivity index (χ1n) is 9.49. The second kappa shape index (κ2) is 10.2. The molecule has 1 amide bonds. The van der Waals surface area contributed by atoms with Crippen LogP contribution in [0.5, 0.6) is 11.5 Å². The molecule has 0 bridgehead atoms. The van der Waals surface area contributed by atoms with Crippen molar-refractivity contribution in [3.05, 3.63) is 78.1 Å². The molecular formula is C23H24N2O5. The lowest BCUT2D eigenvalue weighted by Gasteiger charge is -2.10. The molecule has 3 rings (SSSR count). The SMILES string of the molecule is COc1ccc(CCNC(=O)COC(=O)c2cccc(-n3cccc3)c2)cc1OC. The van der Waals surface area contributed by atoms with Gasteiger partial charge in [-0.3, -0.25) is 4.79 Å². The molecule has 0 fully saturated rings. The van der Waals surface area contributed by atoms with Crippen LogP contribution >= 0.6 is 0 Å². The highest BCUT2D eigenvalue weighted by Crippen LogP contribution is 2.27. The monoisotopic (exact) mass is 408 g/mol. The van der Waals surface area contributed by atoms with E-state index in [-0.39, 0.29) is 12.5 Å². The lowest BCUT2D eigenvalue weighted by Crippen LogP contribution is -2.30. The van der Waals surface area contributed by atoms with E-state index in [0.717, 1.165) is 11.3 Å². The van der Waals surface area contributed by atoms with E-state index in [9.17, 15) is 9.59 Å². The zero-order chi connectivity index (χ0) is 21.3. The number of nitrogens with one attached hydrogen (secondary N) is 1. The van der Waals surface area contributed by atoms with Crippen molar-refractivity contribution in [1.29, 1.82) is 0 Å². The van der Waals surface area contributed by atoms with Gasteiger partial charge < -0.3 is 24.1 Å². The molecule has 0 aliphatic heterocycles. The molecule has 0 aliphatic carbocycles. The number of carbonyl (C=O) groups excluding carboxylic acids is 2. The molecule has 7 nitrogen and oxygen atoms in total. The summed E-state index contributed by atoms with van der Waals surface area (Å²) in [6.07, 6.45) is 4.38. The highest BCUT2D eigenvalue weighted by molar-refractivity contribution is 5.91. The predicted octanol–water partition coefficient (Wildman–Crippen LogP) is 3.01. The molecule has 7 heteroatoms. The smallest absolute Gasteiger partial charge is 0.338 e. The van der Waals surface area contributed by atoms with Gasteiger partial charge in [0.05, 0.1) is 19.8 Å². The van der Waals surface area contributed by atoms with Crippen molar-refractivity contribution in [3.63, 3.8) is 0 Å². The second-order valence-corrected chi connectivity index (χ2v) is 6.51. The van der Waals surface area contributed by atoms with E-state index in [1.165, 1.54) is 0 Å². The number of hydrogen-bond acceptors (Lipinski definition) is 5. The van der Waals surface area contributed by atoms with Crippen LogP contribution in [0, 0.1) is 0 Å². The van der Waals surface area contributed by atoms with Crippen molar-refractivity contribution in [1.82, 2.24) is 9.88 Å². The number of aromatic nitrogens is 1. The molecule has 30 heavy (non-hydrogen) atoms. The normalized spacial score (nSPS) is 10.3. The summed E-state index contributed by atoms with van der Waals surface area (Å²) in [6, 6.07) is 16.4. The number of ether oxygens (including phenoxy) is 3. The summed E-state index contributed by atoms with van der Waals surface area (Å²) in [6.45, 7) is 0.0769. The van der Waals surface area contributed by atoms with Crippen LogP contribution in [0.25, 0.3) is 5.69 Å². The van der Waals surface area contributed by atoms with Crippen molar-refractivity contribution < 1.29 is 23.8 Å². The first-order valence-corrected chi connectivity index (χ1v) is 9.49. The summed E-state index contributed by atoms with van der Waals surface area (Å²) < 4.78 is 17.5. The van der Waals surface area contributed by atoms with Gasteiger partial charge in [-0.25, -0.2) is 4.79 Å². The number of hydrogen-bond donors (Lipinski definition) is 1. The van der Waals surface area contributed by atoms with Crippen LogP contribution in [0.4, 0.5) is 0 Å². The van der Waals surface area contributed by atoms with E-state index in [2.05, 4.69) is 5.32 Å². The van der Waals surface area contributed by atoms with Crippen LogP contribution < -0.4 is 14.8 Å². The first kappa shape index (κ1) is 21.0. The topological polar surface area (TPSA) is 78.8 Å². The van der Waals surface area contributed by atoms with E-state index in [4.69, 9.17) is 14.2 Å². The van der Waals surface area contributed by atoms with Gasteiger partial charge >= 0.3 is 5.97 Å². The predicted molar refractivity (Wildman–Crippen MR) is 112 cm³/mol. The third-order valence-corrected chi connectivity index (χ3v) is 4.50. The average Bonchev–Trinajstić information content (AvgIpc) is 3.32. The average molecular weight is 408 g/mol. The fourth-order valence-electron chi connectivity index (χ4n) is 2.95. The summed E-state index contributed by atoms with van der Waals surface area (Å²) in [4.78, 5) is 24.3. The lowest BCUT2D eigenvalue weighted by atomic mass is 10.1. The molecule has 1 aromatic heterocycles. The molecule has 0 saturated heterocycles. The summed E-state index contributed by atoms with van der Waals surface area (Å²) >= 11 is 0. The van der Waals surface area contributed by atoms with Crippen LogP contribution in [-0.4, -0.2) is 43.8 Å². The molecule has 156 valence electrons. The molecule has 0 unspecified atom stereocenters. The molecular weight excluding hydrogens is 384 g/mol. The fraction of sp³-hybridized carbons (Fsp3) is 0.217. The number of benzene rings is 2. The maximum Gasteiger partial charge on any atom is 0.338 e. The molecule has 0 saturated carbocycles. The van der Waals surface area contributed by atoms with Gasteiger partial charge in [0, 0.05) is 24.6 Å². The Bertz CT molecular complexity index is 999. The standard InChI is InChI=1S/C23H24N2O5/c1-28-20-9-8-17(14-21(20)29-2)10-11-24-22(26)16-30-23(27)18-6-5-7-19(15-18)25-12-3-4-13-25/h3-9,12-15H,10-11,16H2,1-2H3,(H,24,26). The van der Waals surface area contributed by atoms with Gasteiger partial charge in [0.2, 0.25) is 0 Å². The van der Waals surface area contributed by atoms with Crippen LogP contribution in [-0.2, 0) is 16.0 Å². The van der Waals surface area contributed by atoms with Gasteiger partial charge in [-0.1, -0.05) is 12.1 Å². The molecule has 3 aromatic rings. The van der Waals surface area contributed by atoms with E-state index in [1.807, 2.05) is 53.4 Å². The van der Waals surface area contributed by atoms with Gasteiger partial charge in [-0.15, -0.1) is 0 Å². The Morgan fingerprint density at radius 3 is 2.43 bits per heavy atom. The highest BCUT2D eigenvalue weighted by atomic mass is 16.5. The minimum Gasteiger partial charge on any atom is -0.493 e. The van der Waals surface area contributed by atoms with Crippen molar-refractivity contribution in [2.75, 3.05) is 27.4 Å². The Labute approximate surface area is 175 Å². The zero-order valence-electron chi connectivity index (χ0n) is 17.0. The maximum atomic E-state index is 12.3. The molecule has 0 spiro atoms. The molecule has 0 radical (unpaired) electrons. The van der Waals surface area contributed by atoms with Crippen LogP contribution in [0.15, 0.2) is 67.0 Å². The number of methoxy groups -OCH3 is 2. The minimum atomic E-state index is -0.543.